The Balaban J connectivity index is 2.11. The average molecular weight is 247 g/mol. The van der Waals surface area contributed by atoms with E-state index in [0.29, 0.717) is 5.92 Å². The van der Waals surface area contributed by atoms with Crippen LogP contribution in [0, 0.1) is 5.92 Å². The molecule has 2 rings (SSSR count). The Morgan fingerprint density at radius 2 is 1.78 bits per heavy atom. The lowest BCUT2D eigenvalue weighted by Crippen LogP contribution is -2.11. The first-order valence-electron chi connectivity index (χ1n) is 7.41. The monoisotopic (exact) mass is 247 g/mol. The summed E-state index contributed by atoms with van der Waals surface area (Å²) in [7, 11) is 0. The molecule has 18 heavy (non-hydrogen) atoms. The van der Waals surface area contributed by atoms with Crippen molar-refractivity contribution < 1.29 is 5.11 Å². The average Bonchev–Trinajstić information content (AvgIpc) is 2.40. The normalized spacial score (nSPS) is 26.8. The SMILES string of the molecule is C[C@H]1CCCCCCCCc2cccc(n2)[C@H]1O. The molecule has 0 saturated carbocycles. The number of hydrogen-bond acceptors (Lipinski definition) is 2. The molecule has 0 aliphatic carbocycles. The Labute approximate surface area is 110 Å². The van der Waals surface area contributed by atoms with Gasteiger partial charge < -0.3 is 5.11 Å². The van der Waals surface area contributed by atoms with Gasteiger partial charge in [0.1, 0.15) is 0 Å². The van der Waals surface area contributed by atoms with E-state index in [1.54, 1.807) is 0 Å². The second kappa shape index (κ2) is 6.89. The highest BCUT2D eigenvalue weighted by Crippen LogP contribution is 2.26. The third-order valence-corrected chi connectivity index (χ3v) is 4.01. The molecule has 0 unspecified atom stereocenters. The molecular formula is C16H25NO. The Kier molecular flexibility index (Phi) is 5.18. The summed E-state index contributed by atoms with van der Waals surface area (Å²) in [5, 5.41) is 10.3. The second-order valence-corrected chi connectivity index (χ2v) is 5.64. The molecule has 2 atom stereocenters. The molecule has 1 aromatic heterocycles. The Morgan fingerprint density at radius 3 is 2.61 bits per heavy atom. The third-order valence-electron chi connectivity index (χ3n) is 4.01. The van der Waals surface area contributed by atoms with E-state index < -0.39 is 6.10 Å². The fraction of sp³-hybridized carbons (Fsp3) is 0.688. The molecule has 2 nitrogen and oxygen atoms in total. The zero-order chi connectivity index (χ0) is 12.8. The highest BCUT2D eigenvalue weighted by Gasteiger charge is 2.17. The largest absolute Gasteiger partial charge is 0.387 e. The van der Waals surface area contributed by atoms with Gasteiger partial charge in [-0.05, 0) is 37.3 Å². The lowest BCUT2D eigenvalue weighted by atomic mass is 9.95. The van der Waals surface area contributed by atoms with Crippen LogP contribution in [0.15, 0.2) is 18.2 Å². The fourth-order valence-corrected chi connectivity index (χ4v) is 2.73. The van der Waals surface area contributed by atoms with Gasteiger partial charge >= 0.3 is 0 Å². The minimum Gasteiger partial charge on any atom is -0.387 e. The molecule has 1 N–H and O–H groups in total. The number of aliphatic hydroxyl groups excluding tert-OH is 1. The number of pyridine rings is 1. The van der Waals surface area contributed by atoms with Crippen LogP contribution in [0.1, 0.15) is 69.4 Å². The smallest absolute Gasteiger partial charge is 0.0985 e. The van der Waals surface area contributed by atoms with Crippen molar-refractivity contribution in [3.63, 3.8) is 0 Å². The Bertz CT molecular complexity index is 364. The van der Waals surface area contributed by atoms with Gasteiger partial charge in [0.25, 0.3) is 0 Å². The van der Waals surface area contributed by atoms with Gasteiger partial charge in [0.2, 0.25) is 0 Å². The number of fused-ring (bicyclic) bond motifs is 2. The van der Waals surface area contributed by atoms with Crippen LogP contribution in [0.5, 0.6) is 0 Å². The van der Waals surface area contributed by atoms with E-state index in [1.165, 1.54) is 38.5 Å². The highest BCUT2D eigenvalue weighted by atomic mass is 16.3. The number of hydrogen-bond donors (Lipinski definition) is 1. The van der Waals surface area contributed by atoms with Crippen LogP contribution in [-0.4, -0.2) is 10.1 Å². The minimum atomic E-state index is -0.397. The molecule has 1 aliphatic heterocycles. The van der Waals surface area contributed by atoms with E-state index in [1.807, 2.05) is 12.1 Å². The maximum absolute atomic E-state index is 10.3. The summed E-state index contributed by atoms with van der Waals surface area (Å²) in [5.41, 5.74) is 2.00. The Morgan fingerprint density at radius 1 is 1.06 bits per heavy atom. The molecule has 1 aliphatic rings. The van der Waals surface area contributed by atoms with Crippen molar-refractivity contribution in [2.75, 3.05) is 0 Å². The predicted molar refractivity (Wildman–Crippen MR) is 74.4 cm³/mol. The van der Waals surface area contributed by atoms with E-state index in [0.717, 1.165) is 24.2 Å². The maximum Gasteiger partial charge on any atom is 0.0985 e. The summed E-state index contributed by atoms with van der Waals surface area (Å²) >= 11 is 0. The van der Waals surface area contributed by atoms with Crippen LogP contribution in [0.25, 0.3) is 0 Å². The van der Waals surface area contributed by atoms with E-state index in [2.05, 4.69) is 18.0 Å². The number of nitrogens with zero attached hydrogens (tertiary/aromatic N) is 1. The van der Waals surface area contributed by atoms with E-state index >= 15 is 0 Å². The van der Waals surface area contributed by atoms with Crippen LogP contribution in [-0.2, 0) is 6.42 Å². The summed E-state index contributed by atoms with van der Waals surface area (Å²) in [4.78, 5) is 4.62. The zero-order valence-corrected chi connectivity index (χ0v) is 11.4. The molecule has 0 aromatic carbocycles. The molecule has 0 spiro atoms. The quantitative estimate of drug-likeness (QED) is 0.750. The summed E-state index contributed by atoms with van der Waals surface area (Å²) in [6.45, 7) is 2.14. The molecule has 0 amide bonds. The first kappa shape index (κ1) is 13.5. The van der Waals surface area contributed by atoms with Crippen molar-refractivity contribution in [2.45, 2.75) is 64.4 Å². The molecule has 100 valence electrons. The first-order valence-corrected chi connectivity index (χ1v) is 7.41. The van der Waals surface area contributed by atoms with Crippen molar-refractivity contribution in [2.24, 2.45) is 5.92 Å². The number of aromatic nitrogens is 1. The number of rotatable bonds is 0. The summed E-state index contributed by atoms with van der Waals surface area (Å²) in [5.74, 6) is 0.313. The molecule has 0 radical (unpaired) electrons. The van der Waals surface area contributed by atoms with Crippen molar-refractivity contribution in [3.8, 4) is 0 Å². The van der Waals surface area contributed by atoms with Crippen LogP contribution in [0.3, 0.4) is 0 Å². The van der Waals surface area contributed by atoms with Gasteiger partial charge in [-0.25, -0.2) is 0 Å². The minimum absolute atomic E-state index is 0.313. The van der Waals surface area contributed by atoms with Gasteiger partial charge in [-0.2, -0.15) is 0 Å². The summed E-state index contributed by atoms with van der Waals surface area (Å²) in [6.07, 6.45) is 9.52. The first-order chi connectivity index (χ1) is 8.77. The molecular weight excluding hydrogens is 222 g/mol. The number of aryl methyl sites for hydroxylation is 1. The van der Waals surface area contributed by atoms with E-state index in [4.69, 9.17) is 0 Å². The summed E-state index contributed by atoms with van der Waals surface area (Å²) < 4.78 is 0. The van der Waals surface area contributed by atoms with Gasteiger partial charge in [-0.15, -0.1) is 0 Å². The topological polar surface area (TPSA) is 33.1 Å². The van der Waals surface area contributed by atoms with Crippen LogP contribution < -0.4 is 0 Å². The molecule has 0 fully saturated rings. The molecule has 2 heterocycles. The molecule has 1 aromatic rings. The molecule has 2 bridgehead atoms. The van der Waals surface area contributed by atoms with E-state index in [-0.39, 0.29) is 0 Å². The summed E-state index contributed by atoms with van der Waals surface area (Å²) in [6, 6.07) is 6.08. The molecule has 0 saturated heterocycles. The lowest BCUT2D eigenvalue weighted by molar-refractivity contribution is 0.107. The van der Waals surface area contributed by atoms with Crippen molar-refractivity contribution in [1.29, 1.82) is 0 Å². The maximum atomic E-state index is 10.3. The third kappa shape index (κ3) is 3.81. The lowest BCUT2D eigenvalue weighted by Gasteiger charge is -2.18. The second-order valence-electron chi connectivity index (χ2n) is 5.64. The molecule has 2 heteroatoms. The zero-order valence-electron chi connectivity index (χ0n) is 11.4. The van der Waals surface area contributed by atoms with Crippen molar-refractivity contribution >= 4 is 0 Å². The highest BCUT2D eigenvalue weighted by molar-refractivity contribution is 5.14. The van der Waals surface area contributed by atoms with Crippen LogP contribution >= 0.6 is 0 Å². The Hall–Kier alpha value is -0.890. The van der Waals surface area contributed by atoms with Gasteiger partial charge in [-0.3, -0.25) is 4.98 Å². The van der Waals surface area contributed by atoms with Gasteiger partial charge in [-0.1, -0.05) is 45.1 Å². The van der Waals surface area contributed by atoms with Crippen LogP contribution in [0.4, 0.5) is 0 Å². The standard InChI is InChI=1S/C16H25NO/c1-13-9-6-4-2-3-5-7-10-14-11-8-12-15(17-14)16(13)18/h8,11-13,16,18H,2-7,9-10H2,1H3/t13-,16-/m0/s1. The van der Waals surface area contributed by atoms with Crippen molar-refractivity contribution in [3.05, 3.63) is 29.6 Å². The van der Waals surface area contributed by atoms with Gasteiger partial charge in [0.15, 0.2) is 0 Å². The van der Waals surface area contributed by atoms with Gasteiger partial charge in [0.05, 0.1) is 11.8 Å². The van der Waals surface area contributed by atoms with Crippen LogP contribution in [0.2, 0.25) is 0 Å². The van der Waals surface area contributed by atoms with Crippen molar-refractivity contribution in [1.82, 2.24) is 4.98 Å². The predicted octanol–water partition coefficient (Wildman–Crippen LogP) is 4.04. The fourth-order valence-electron chi connectivity index (χ4n) is 2.73. The van der Waals surface area contributed by atoms with Gasteiger partial charge in [0, 0.05) is 5.69 Å². The number of aliphatic hydroxyl groups is 1. The van der Waals surface area contributed by atoms with E-state index in [9.17, 15) is 5.11 Å².